The number of likely N-dealkylation sites (tertiary alicyclic amines) is 1. The fourth-order valence-corrected chi connectivity index (χ4v) is 2.05. The van der Waals surface area contributed by atoms with E-state index < -0.39 is 18.1 Å². The van der Waals surface area contributed by atoms with Gasteiger partial charge in [-0.2, -0.15) is 13.2 Å². The third kappa shape index (κ3) is 3.43. The van der Waals surface area contributed by atoms with Crippen LogP contribution in [0.1, 0.15) is 16.9 Å². The number of halogens is 3. The van der Waals surface area contributed by atoms with Crippen LogP contribution >= 0.6 is 0 Å². The number of carboxylic acid groups (broad SMARTS) is 1. The van der Waals surface area contributed by atoms with Gasteiger partial charge in [0.05, 0.1) is 18.7 Å². The highest BCUT2D eigenvalue weighted by Gasteiger charge is 2.43. The van der Waals surface area contributed by atoms with E-state index in [2.05, 4.69) is 10.3 Å². The average Bonchev–Trinajstić information content (AvgIpc) is 2.95. The minimum atomic E-state index is -4.14. The highest BCUT2D eigenvalue weighted by Crippen LogP contribution is 2.33. The van der Waals surface area contributed by atoms with Crippen LogP contribution in [-0.2, 0) is 6.54 Å². The maximum absolute atomic E-state index is 12.5. The molecule has 1 aromatic rings. The van der Waals surface area contributed by atoms with Gasteiger partial charge < -0.3 is 10.0 Å². The lowest BCUT2D eigenvalue weighted by Crippen LogP contribution is -2.29. The Morgan fingerprint density at radius 1 is 1.47 bits per heavy atom. The lowest BCUT2D eigenvalue weighted by Gasteiger charge is -2.17. The van der Waals surface area contributed by atoms with E-state index in [0.29, 0.717) is 19.6 Å². The number of alkyl halides is 3. The summed E-state index contributed by atoms with van der Waals surface area (Å²) in [5.74, 6) is -2.44. The summed E-state index contributed by atoms with van der Waals surface area (Å²) in [6, 6.07) is 0. The summed E-state index contributed by atoms with van der Waals surface area (Å²) in [7, 11) is 0. The van der Waals surface area contributed by atoms with Gasteiger partial charge in [-0.15, -0.1) is 5.10 Å². The zero-order valence-electron chi connectivity index (χ0n) is 9.97. The van der Waals surface area contributed by atoms with Crippen LogP contribution < -0.4 is 0 Å². The molecule has 0 amide bonds. The molecule has 2 rings (SSSR count). The Hall–Kier alpha value is -1.64. The fraction of sp³-hybridized carbons (Fsp3) is 0.700. The summed E-state index contributed by atoms with van der Waals surface area (Å²) >= 11 is 0. The van der Waals surface area contributed by atoms with Crippen molar-refractivity contribution in [2.75, 3.05) is 19.6 Å². The molecule has 2 heterocycles. The zero-order valence-corrected chi connectivity index (χ0v) is 9.97. The number of rotatable bonds is 4. The standard InChI is InChI=1S/C10H13F3N4O2/c11-10(12,13)7-1-2-16(5-7)3-4-17-6-8(9(18)19)14-15-17/h6-7H,1-5H2,(H,18,19). The molecule has 1 unspecified atom stereocenters. The molecule has 0 aliphatic carbocycles. The minimum Gasteiger partial charge on any atom is -0.476 e. The first-order valence-electron chi connectivity index (χ1n) is 5.79. The zero-order chi connectivity index (χ0) is 14.0. The summed E-state index contributed by atoms with van der Waals surface area (Å²) in [5.41, 5.74) is -0.172. The van der Waals surface area contributed by atoms with Crippen LogP contribution in [0.15, 0.2) is 6.20 Å². The maximum Gasteiger partial charge on any atom is 0.393 e. The Bertz CT molecular complexity index is 460. The number of hydrogen-bond donors (Lipinski definition) is 1. The third-order valence-corrected chi connectivity index (χ3v) is 3.14. The van der Waals surface area contributed by atoms with Crippen molar-refractivity contribution in [3.63, 3.8) is 0 Å². The molecule has 1 aliphatic heterocycles. The van der Waals surface area contributed by atoms with Crippen molar-refractivity contribution < 1.29 is 23.1 Å². The first-order valence-corrected chi connectivity index (χ1v) is 5.79. The molecule has 106 valence electrons. The number of hydrogen-bond acceptors (Lipinski definition) is 4. The molecule has 1 N–H and O–H groups in total. The van der Waals surface area contributed by atoms with Crippen molar-refractivity contribution in [3.8, 4) is 0 Å². The Morgan fingerprint density at radius 3 is 2.74 bits per heavy atom. The van der Waals surface area contributed by atoms with Crippen LogP contribution in [0, 0.1) is 5.92 Å². The highest BCUT2D eigenvalue weighted by atomic mass is 19.4. The maximum atomic E-state index is 12.5. The van der Waals surface area contributed by atoms with Crippen molar-refractivity contribution >= 4 is 5.97 Å². The fourth-order valence-electron chi connectivity index (χ4n) is 2.05. The van der Waals surface area contributed by atoms with Crippen LogP contribution in [0.4, 0.5) is 13.2 Å². The molecular weight excluding hydrogens is 265 g/mol. The van der Waals surface area contributed by atoms with Crippen molar-refractivity contribution in [1.29, 1.82) is 0 Å². The summed E-state index contributed by atoms with van der Waals surface area (Å²) in [4.78, 5) is 12.3. The summed E-state index contributed by atoms with van der Waals surface area (Å²) in [6.45, 7) is 1.11. The van der Waals surface area contributed by atoms with Crippen LogP contribution in [0.5, 0.6) is 0 Å². The second-order valence-corrected chi connectivity index (χ2v) is 4.50. The number of carbonyl (C=O) groups is 1. The van der Waals surface area contributed by atoms with E-state index in [1.807, 2.05) is 0 Å². The second kappa shape index (κ2) is 5.16. The van der Waals surface area contributed by atoms with E-state index in [-0.39, 0.29) is 18.7 Å². The van der Waals surface area contributed by atoms with E-state index >= 15 is 0 Å². The number of aromatic nitrogens is 3. The molecule has 1 aromatic heterocycles. The summed E-state index contributed by atoms with van der Waals surface area (Å²) in [6.07, 6.45) is -2.76. The van der Waals surface area contributed by atoms with E-state index in [1.54, 1.807) is 4.90 Å². The molecule has 1 saturated heterocycles. The number of aromatic carboxylic acids is 1. The predicted molar refractivity (Wildman–Crippen MR) is 57.6 cm³/mol. The lowest BCUT2D eigenvalue weighted by atomic mass is 10.1. The monoisotopic (exact) mass is 278 g/mol. The lowest BCUT2D eigenvalue weighted by molar-refractivity contribution is -0.170. The molecule has 0 saturated carbocycles. The molecule has 19 heavy (non-hydrogen) atoms. The minimum absolute atomic E-state index is 0.00994. The summed E-state index contributed by atoms with van der Waals surface area (Å²) in [5, 5.41) is 15.7. The van der Waals surface area contributed by atoms with Gasteiger partial charge in [0.1, 0.15) is 0 Å². The molecule has 0 radical (unpaired) electrons. The van der Waals surface area contributed by atoms with Gasteiger partial charge in [0.15, 0.2) is 5.69 Å². The van der Waals surface area contributed by atoms with Gasteiger partial charge in [-0.1, -0.05) is 5.21 Å². The molecule has 1 fully saturated rings. The second-order valence-electron chi connectivity index (χ2n) is 4.50. The Labute approximate surface area is 106 Å². The highest BCUT2D eigenvalue weighted by molar-refractivity contribution is 5.84. The first kappa shape index (κ1) is 13.8. The van der Waals surface area contributed by atoms with Crippen molar-refractivity contribution in [2.45, 2.75) is 19.1 Å². The quantitative estimate of drug-likeness (QED) is 0.884. The van der Waals surface area contributed by atoms with E-state index in [0.717, 1.165) is 0 Å². The molecule has 9 heteroatoms. The van der Waals surface area contributed by atoms with Crippen molar-refractivity contribution in [1.82, 2.24) is 19.9 Å². The summed E-state index contributed by atoms with van der Waals surface area (Å²) < 4.78 is 38.7. The van der Waals surface area contributed by atoms with Gasteiger partial charge in [-0.25, -0.2) is 4.79 Å². The third-order valence-electron chi connectivity index (χ3n) is 3.14. The van der Waals surface area contributed by atoms with Gasteiger partial charge in [0.2, 0.25) is 0 Å². The number of nitrogens with zero attached hydrogens (tertiary/aromatic N) is 4. The van der Waals surface area contributed by atoms with Gasteiger partial charge in [0, 0.05) is 13.1 Å². The smallest absolute Gasteiger partial charge is 0.393 e. The Morgan fingerprint density at radius 2 is 2.21 bits per heavy atom. The van der Waals surface area contributed by atoms with Crippen LogP contribution in [0.25, 0.3) is 0 Å². The Balaban J connectivity index is 1.82. The van der Waals surface area contributed by atoms with Crippen molar-refractivity contribution in [3.05, 3.63) is 11.9 Å². The molecule has 0 bridgehead atoms. The largest absolute Gasteiger partial charge is 0.476 e. The van der Waals surface area contributed by atoms with E-state index in [4.69, 9.17) is 5.11 Å². The van der Waals surface area contributed by atoms with E-state index in [1.165, 1.54) is 10.9 Å². The molecule has 1 aliphatic rings. The van der Waals surface area contributed by atoms with Crippen LogP contribution in [-0.4, -0.2) is 56.8 Å². The molecule has 0 aromatic carbocycles. The van der Waals surface area contributed by atoms with Gasteiger partial charge in [-0.05, 0) is 13.0 Å². The topological polar surface area (TPSA) is 71.2 Å². The van der Waals surface area contributed by atoms with Gasteiger partial charge in [0.25, 0.3) is 0 Å². The van der Waals surface area contributed by atoms with Crippen LogP contribution in [0.3, 0.4) is 0 Å². The molecule has 1 atom stereocenters. The van der Waals surface area contributed by atoms with Gasteiger partial charge >= 0.3 is 12.1 Å². The SMILES string of the molecule is O=C(O)c1cn(CCN2CCC(C(F)(F)F)C2)nn1. The van der Waals surface area contributed by atoms with E-state index in [9.17, 15) is 18.0 Å². The van der Waals surface area contributed by atoms with Gasteiger partial charge in [-0.3, -0.25) is 4.68 Å². The predicted octanol–water partition coefficient (Wildman–Crippen LogP) is 0.860. The first-order chi connectivity index (χ1) is 8.86. The molecule has 6 nitrogen and oxygen atoms in total. The average molecular weight is 278 g/mol. The van der Waals surface area contributed by atoms with Crippen LogP contribution in [0.2, 0.25) is 0 Å². The molecular formula is C10H13F3N4O2. The number of carboxylic acids is 1. The van der Waals surface area contributed by atoms with Crippen molar-refractivity contribution in [2.24, 2.45) is 5.92 Å². The molecule has 0 spiro atoms. The normalized spacial score (nSPS) is 20.9. The Kier molecular flexibility index (Phi) is 3.74.